The quantitative estimate of drug-likeness (QED) is 0.665. The Kier molecular flexibility index (Phi) is 3.49. The summed E-state index contributed by atoms with van der Waals surface area (Å²) in [6.45, 7) is 5.30. The molecule has 2 heteroatoms. The van der Waals surface area contributed by atoms with Gasteiger partial charge in [-0.1, -0.05) is 0 Å². The summed E-state index contributed by atoms with van der Waals surface area (Å²) in [6, 6.07) is 0.901. The fourth-order valence-electron chi connectivity index (χ4n) is 3.21. The fraction of sp³-hybridized carbons (Fsp3) is 1.00. The van der Waals surface area contributed by atoms with E-state index < -0.39 is 0 Å². The van der Waals surface area contributed by atoms with Gasteiger partial charge in [0.1, 0.15) is 0 Å². The summed E-state index contributed by atoms with van der Waals surface area (Å²) in [5.41, 5.74) is 0. The minimum atomic E-state index is 0.901. The monoisotopic (exact) mass is 222 g/mol. The summed E-state index contributed by atoms with van der Waals surface area (Å²) in [7, 11) is 0. The van der Waals surface area contributed by atoms with Crippen molar-refractivity contribution in [2.75, 3.05) is 26.2 Å². The van der Waals surface area contributed by atoms with Crippen molar-refractivity contribution in [3.63, 3.8) is 0 Å². The molecule has 16 heavy (non-hydrogen) atoms. The van der Waals surface area contributed by atoms with Crippen LogP contribution in [-0.2, 0) is 0 Å². The Balaban J connectivity index is 1.29. The molecule has 2 aliphatic carbocycles. The first-order valence-corrected chi connectivity index (χ1v) is 7.39. The molecule has 0 atom stereocenters. The highest BCUT2D eigenvalue weighted by atomic mass is 15.1. The van der Waals surface area contributed by atoms with Gasteiger partial charge in [0.05, 0.1) is 0 Å². The molecule has 0 aromatic carbocycles. The van der Waals surface area contributed by atoms with Crippen molar-refractivity contribution in [3.05, 3.63) is 0 Å². The van der Waals surface area contributed by atoms with E-state index in [1.165, 1.54) is 71.1 Å². The first kappa shape index (κ1) is 11.0. The summed E-state index contributed by atoms with van der Waals surface area (Å²) in [4.78, 5) is 2.63. The second kappa shape index (κ2) is 5.05. The van der Waals surface area contributed by atoms with E-state index in [4.69, 9.17) is 0 Å². The lowest BCUT2D eigenvalue weighted by Gasteiger charge is -2.19. The number of likely N-dealkylation sites (tertiary alicyclic amines) is 1. The molecule has 0 bridgehead atoms. The molecule has 0 aromatic heterocycles. The van der Waals surface area contributed by atoms with Gasteiger partial charge in [-0.3, -0.25) is 0 Å². The molecule has 0 aromatic rings. The largest absolute Gasteiger partial charge is 0.313 e. The van der Waals surface area contributed by atoms with Crippen LogP contribution < -0.4 is 5.32 Å². The van der Waals surface area contributed by atoms with E-state index in [0.29, 0.717) is 0 Å². The van der Waals surface area contributed by atoms with Crippen molar-refractivity contribution < 1.29 is 0 Å². The maximum atomic E-state index is 3.84. The molecule has 0 spiro atoms. The Labute approximate surface area is 99.8 Å². The third kappa shape index (κ3) is 2.98. The molecule has 2 saturated carbocycles. The number of hydrogen-bond donors (Lipinski definition) is 1. The van der Waals surface area contributed by atoms with Crippen LogP contribution in [0.4, 0.5) is 0 Å². The number of nitrogens with one attached hydrogen (secondary N) is 1. The van der Waals surface area contributed by atoms with Crippen molar-refractivity contribution in [2.45, 2.75) is 51.0 Å². The maximum Gasteiger partial charge on any atom is 0.0124 e. The van der Waals surface area contributed by atoms with Gasteiger partial charge in [-0.15, -0.1) is 0 Å². The molecule has 2 nitrogen and oxygen atoms in total. The highest BCUT2D eigenvalue weighted by molar-refractivity contribution is 4.96. The van der Waals surface area contributed by atoms with E-state index in [-0.39, 0.29) is 0 Å². The van der Waals surface area contributed by atoms with Crippen LogP contribution in [0.15, 0.2) is 0 Å². The number of rotatable bonds is 7. The lowest BCUT2D eigenvalue weighted by atomic mass is 10.1. The molecule has 3 aliphatic rings. The summed E-state index contributed by atoms with van der Waals surface area (Å²) in [5.74, 6) is 2.11. The van der Waals surface area contributed by atoms with Crippen molar-refractivity contribution in [3.8, 4) is 0 Å². The summed E-state index contributed by atoms with van der Waals surface area (Å²) >= 11 is 0. The van der Waals surface area contributed by atoms with Gasteiger partial charge < -0.3 is 10.2 Å². The van der Waals surface area contributed by atoms with Crippen LogP contribution in [0.3, 0.4) is 0 Å². The topological polar surface area (TPSA) is 15.3 Å². The zero-order chi connectivity index (χ0) is 10.8. The van der Waals surface area contributed by atoms with Gasteiger partial charge in [0, 0.05) is 6.04 Å². The molecule has 0 radical (unpaired) electrons. The van der Waals surface area contributed by atoms with Gasteiger partial charge in [0.15, 0.2) is 0 Å². The van der Waals surface area contributed by atoms with Crippen LogP contribution in [0, 0.1) is 11.8 Å². The molecule has 0 unspecified atom stereocenters. The summed E-state index contributed by atoms with van der Waals surface area (Å²) in [5, 5.41) is 3.84. The smallest absolute Gasteiger partial charge is 0.0124 e. The summed E-state index contributed by atoms with van der Waals surface area (Å²) in [6.07, 6.45) is 10.2. The Morgan fingerprint density at radius 2 is 1.62 bits per heavy atom. The maximum absolute atomic E-state index is 3.84. The van der Waals surface area contributed by atoms with Gasteiger partial charge in [-0.2, -0.15) is 0 Å². The van der Waals surface area contributed by atoms with Gasteiger partial charge in [-0.25, -0.2) is 0 Å². The standard InChI is InChI=1S/C14H26N2/c1-2-10-16(9-1)11-3-8-15-14(12-4-5-12)13-6-7-13/h12-15H,1-11H2. The number of nitrogens with zero attached hydrogens (tertiary/aromatic N) is 1. The molecule has 3 fully saturated rings. The molecule has 1 aliphatic heterocycles. The van der Waals surface area contributed by atoms with E-state index in [9.17, 15) is 0 Å². The lowest BCUT2D eigenvalue weighted by Crippen LogP contribution is -2.35. The Morgan fingerprint density at radius 3 is 2.19 bits per heavy atom. The minimum absolute atomic E-state index is 0.901. The van der Waals surface area contributed by atoms with E-state index in [2.05, 4.69) is 10.2 Å². The lowest BCUT2D eigenvalue weighted by molar-refractivity contribution is 0.321. The van der Waals surface area contributed by atoms with Gasteiger partial charge in [0.25, 0.3) is 0 Å². The zero-order valence-corrected chi connectivity index (χ0v) is 10.5. The highest BCUT2D eigenvalue weighted by Gasteiger charge is 2.40. The molecular formula is C14H26N2. The number of hydrogen-bond acceptors (Lipinski definition) is 2. The Bertz CT molecular complexity index is 203. The highest BCUT2D eigenvalue weighted by Crippen LogP contribution is 2.44. The van der Waals surface area contributed by atoms with Crippen LogP contribution in [0.1, 0.15) is 44.9 Å². The Hall–Kier alpha value is -0.0800. The van der Waals surface area contributed by atoms with Gasteiger partial charge >= 0.3 is 0 Å². The van der Waals surface area contributed by atoms with Gasteiger partial charge in [0.2, 0.25) is 0 Å². The molecule has 1 saturated heterocycles. The molecule has 0 amide bonds. The third-order valence-corrected chi connectivity index (χ3v) is 4.49. The van der Waals surface area contributed by atoms with E-state index in [0.717, 1.165) is 17.9 Å². The molecule has 1 N–H and O–H groups in total. The van der Waals surface area contributed by atoms with E-state index in [1.54, 1.807) is 0 Å². The van der Waals surface area contributed by atoms with Crippen LogP contribution in [-0.4, -0.2) is 37.1 Å². The molecule has 3 rings (SSSR count). The molecule has 92 valence electrons. The van der Waals surface area contributed by atoms with Crippen LogP contribution in [0.25, 0.3) is 0 Å². The third-order valence-electron chi connectivity index (χ3n) is 4.49. The van der Waals surface area contributed by atoms with Crippen molar-refractivity contribution in [2.24, 2.45) is 11.8 Å². The van der Waals surface area contributed by atoms with Crippen molar-refractivity contribution in [1.29, 1.82) is 0 Å². The zero-order valence-electron chi connectivity index (χ0n) is 10.5. The predicted molar refractivity (Wildman–Crippen MR) is 67.5 cm³/mol. The molecule has 1 heterocycles. The Morgan fingerprint density at radius 1 is 1.00 bits per heavy atom. The first-order valence-electron chi connectivity index (χ1n) is 7.39. The van der Waals surface area contributed by atoms with Crippen LogP contribution in [0.5, 0.6) is 0 Å². The predicted octanol–water partition coefficient (Wildman–Crippen LogP) is 2.25. The SMILES string of the molecule is C1CCN(CCCNC(C2CC2)C2CC2)C1. The van der Waals surface area contributed by atoms with Gasteiger partial charge in [-0.05, 0) is 83.0 Å². The second-order valence-corrected chi connectivity index (χ2v) is 6.06. The average Bonchev–Trinajstić information content (AvgIpc) is 3.20. The fourth-order valence-corrected chi connectivity index (χ4v) is 3.21. The average molecular weight is 222 g/mol. The molecular weight excluding hydrogens is 196 g/mol. The summed E-state index contributed by atoms with van der Waals surface area (Å²) < 4.78 is 0. The van der Waals surface area contributed by atoms with Crippen molar-refractivity contribution >= 4 is 0 Å². The van der Waals surface area contributed by atoms with E-state index in [1.807, 2.05) is 0 Å². The van der Waals surface area contributed by atoms with Crippen LogP contribution >= 0.6 is 0 Å². The minimum Gasteiger partial charge on any atom is -0.313 e. The van der Waals surface area contributed by atoms with Crippen molar-refractivity contribution in [1.82, 2.24) is 10.2 Å². The first-order chi connectivity index (χ1) is 7.93. The second-order valence-electron chi connectivity index (χ2n) is 6.06. The van der Waals surface area contributed by atoms with E-state index >= 15 is 0 Å². The normalized spacial score (nSPS) is 26.8. The van der Waals surface area contributed by atoms with Crippen LogP contribution in [0.2, 0.25) is 0 Å².